The Labute approximate surface area is 177 Å². The Bertz CT molecular complexity index is 905. The molecule has 1 N–H and O–H groups in total. The minimum atomic E-state index is -0.260. The molecular weight excluding hydrogens is 384 g/mol. The molecule has 0 saturated heterocycles. The molecule has 0 spiro atoms. The number of rotatable bonds is 11. The minimum absolute atomic E-state index is 0.120. The Balaban J connectivity index is 2.22. The number of nitrogens with zero attached hydrogens (tertiary/aromatic N) is 1. The summed E-state index contributed by atoms with van der Waals surface area (Å²) in [7, 11) is 0. The highest BCUT2D eigenvalue weighted by Crippen LogP contribution is 2.34. The highest BCUT2D eigenvalue weighted by Gasteiger charge is 2.15. The first-order chi connectivity index (χ1) is 14.6. The summed E-state index contributed by atoms with van der Waals surface area (Å²) in [6, 6.07) is 10.7. The predicted octanol–water partition coefficient (Wildman–Crippen LogP) is 4.33. The number of hydrogen-bond donors (Lipinski definition) is 1. The number of benzene rings is 2. The van der Waals surface area contributed by atoms with E-state index in [1.807, 2.05) is 33.8 Å². The molecule has 7 nitrogen and oxygen atoms in total. The predicted molar refractivity (Wildman–Crippen MR) is 115 cm³/mol. The van der Waals surface area contributed by atoms with Crippen LogP contribution in [-0.2, 0) is 11.2 Å². The molecule has 2 rings (SSSR count). The first-order valence-corrected chi connectivity index (χ1v) is 10.1. The van der Waals surface area contributed by atoms with Crippen molar-refractivity contribution in [1.29, 1.82) is 5.26 Å². The van der Waals surface area contributed by atoms with Gasteiger partial charge in [0.1, 0.15) is 6.07 Å². The summed E-state index contributed by atoms with van der Waals surface area (Å²) in [5, 5.41) is 12.3. The molecule has 0 aliphatic heterocycles. The molecule has 30 heavy (non-hydrogen) atoms. The zero-order valence-electron chi connectivity index (χ0n) is 17.9. The van der Waals surface area contributed by atoms with Gasteiger partial charge in [0, 0.05) is 12.1 Å². The number of carbonyl (C=O) groups is 1. The fourth-order valence-corrected chi connectivity index (χ4v) is 2.88. The normalized spacial score (nSPS) is 10.1. The van der Waals surface area contributed by atoms with Crippen molar-refractivity contribution in [3.8, 4) is 29.1 Å². The van der Waals surface area contributed by atoms with Crippen molar-refractivity contribution in [2.24, 2.45) is 0 Å². The fraction of sp³-hybridized carbons (Fsp3) is 0.391. The summed E-state index contributed by atoms with van der Waals surface area (Å²) in [4.78, 5) is 12.6. The Morgan fingerprint density at radius 2 is 1.37 bits per heavy atom. The third-order valence-corrected chi connectivity index (χ3v) is 4.05. The lowest BCUT2D eigenvalue weighted by Crippen LogP contribution is -2.16. The molecule has 0 fully saturated rings. The van der Waals surface area contributed by atoms with E-state index >= 15 is 0 Å². The Morgan fingerprint density at radius 1 is 0.833 bits per heavy atom. The van der Waals surface area contributed by atoms with Crippen LogP contribution in [0.5, 0.6) is 23.0 Å². The molecule has 0 aliphatic carbocycles. The average Bonchev–Trinajstić information content (AvgIpc) is 2.72. The zero-order valence-corrected chi connectivity index (χ0v) is 17.9. The molecule has 0 atom stereocenters. The van der Waals surface area contributed by atoms with E-state index in [2.05, 4.69) is 11.4 Å². The van der Waals surface area contributed by atoms with Crippen molar-refractivity contribution in [2.75, 3.05) is 31.7 Å². The molecule has 1 amide bonds. The van der Waals surface area contributed by atoms with Gasteiger partial charge in [0.2, 0.25) is 5.91 Å². The largest absolute Gasteiger partial charge is 0.490 e. The number of nitriles is 1. The lowest BCUT2D eigenvalue weighted by Gasteiger charge is -2.15. The summed E-state index contributed by atoms with van der Waals surface area (Å²) in [5.74, 6) is 1.94. The van der Waals surface area contributed by atoms with Crippen LogP contribution < -0.4 is 24.3 Å². The topological polar surface area (TPSA) is 89.8 Å². The first-order valence-electron chi connectivity index (χ1n) is 10.1. The first kappa shape index (κ1) is 22.9. The molecule has 0 aromatic heterocycles. The number of amides is 1. The minimum Gasteiger partial charge on any atom is -0.490 e. The quantitative estimate of drug-likeness (QED) is 0.591. The molecule has 2 aromatic rings. The summed E-state index contributed by atoms with van der Waals surface area (Å²) in [6.07, 6.45) is 0.120. The average molecular weight is 412 g/mol. The van der Waals surface area contributed by atoms with Gasteiger partial charge in [0.05, 0.1) is 44.1 Å². The van der Waals surface area contributed by atoms with Gasteiger partial charge in [-0.25, -0.2) is 0 Å². The Hall–Kier alpha value is -3.40. The second-order valence-electron chi connectivity index (χ2n) is 6.19. The van der Waals surface area contributed by atoms with Gasteiger partial charge in [-0.15, -0.1) is 0 Å². The maximum atomic E-state index is 12.6. The van der Waals surface area contributed by atoms with E-state index in [4.69, 9.17) is 18.9 Å². The summed E-state index contributed by atoms with van der Waals surface area (Å²) in [6.45, 7) is 9.39. The molecule has 160 valence electrons. The van der Waals surface area contributed by atoms with Crippen LogP contribution in [0.3, 0.4) is 0 Å². The van der Waals surface area contributed by atoms with Gasteiger partial charge in [-0.3, -0.25) is 4.79 Å². The van der Waals surface area contributed by atoms with E-state index in [0.717, 1.165) is 5.56 Å². The highest BCUT2D eigenvalue weighted by molar-refractivity contribution is 5.94. The van der Waals surface area contributed by atoms with Gasteiger partial charge in [0.15, 0.2) is 23.0 Å². The van der Waals surface area contributed by atoms with Crippen LogP contribution in [-0.4, -0.2) is 32.3 Å². The molecule has 0 radical (unpaired) electrons. The molecule has 2 aromatic carbocycles. The van der Waals surface area contributed by atoms with Crippen molar-refractivity contribution in [2.45, 2.75) is 34.1 Å². The number of hydrogen-bond acceptors (Lipinski definition) is 6. The molecule has 7 heteroatoms. The van der Waals surface area contributed by atoms with Crippen molar-refractivity contribution in [3.63, 3.8) is 0 Å². The third kappa shape index (κ3) is 6.05. The van der Waals surface area contributed by atoms with Crippen LogP contribution in [0.1, 0.15) is 38.8 Å². The molecular formula is C23H28N2O5. The van der Waals surface area contributed by atoms with Crippen LogP contribution in [0, 0.1) is 11.3 Å². The molecule has 0 aliphatic rings. The number of ether oxygens (including phenoxy) is 4. The standard InChI is InChI=1S/C23H28N2O5/c1-5-27-19-10-9-16(11-20(19)28-6-2)12-23(26)25-18-14-22(30-8-4)21(29-7-3)13-17(18)15-24/h9-11,13-14H,5-8,12H2,1-4H3,(H,25,26). The maximum absolute atomic E-state index is 12.6. The smallest absolute Gasteiger partial charge is 0.228 e. The van der Waals surface area contributed by atoms with Crippen LogP contribution >= 0.6 is 0 Å². The Morgan fingerprint density at radius 3 is 1.93 bits per heavy atom. The van der Waals surface area contributed by atoms with E-state index in [1.165, 1.54) is 0 Å². The van der Waals surface area contributed by atoms with Gasteiger partial charge in [-0.2, -0.15) is 5.26 Å². The molecule has 0 unspecified atom stereocenters. The molecule has 0 bridgehead atoms. The monoisotopic (exact) mass is 412 g/mol. The van der Waals surface area contributed by atoms with Crippen molar-refractivity contribution < 1.29 is 23.7 Å². The van der Waals surface area contributed by atoms with Gasteiger partial charge >= 0.3 is 0 Å². The number of anilines is 1. The van der Waals surface area contributed by atoms with E-state index in [-0.39, 0.29) is 12.3 Å². The lowest BCUT2D eigenvalue weighted by molar-refractivity contribution is -0.115. The Kier molecular flexibility index (Phi) is 8.82. The highest BCUT2D eigenvalue weighted by atomic mass is 16.5. The maximum Gasteiger partial charge on any atom is 0.228 e. The van der Waals surface area contributed by atoms with E-state index in [0.29, 0.717) is 60.7 Å². The van der Waals surface area contributed by atoms with Crippen LogP contribution in [0.25, 0.3) is 0 Å². The molecule has 0 heterocycles. The lowest BCUT2D eigenvalue weighted by atomic mass is 10.1. The second-order valence-corrected chi connectivity index (χ2v) is 6.19. The van der Waals surface area contributed by atoms with Crippen molar-refractivity contribution in [3.05, 3.63) is 41.5 Å². The van der Waals surface area contributed by atoms with E-state index in [9.17, 15) is 10.1 Å². The zero-order chi connectivity index (χ0) is 21.9. The van der Waals surface area contributed by atoms with Gasteiger partial charge in [-0.05, 0) is 45.4 Å². The van der Waals surface area contributed by atoms with Crippen LogP contribution in [0.4, 0.5) is 5.69 Å². The van der Waals surface area contributed by atoms with Crippen LogP contribution in [0.2, 0.25) is 0 Å². The summed E-state index contributed by atoms with van der Waals surface area (Å²) in [5.41, 5.74) is 1.45. The van der Waals surface area contributed by atoms with Crippen molar-refractivity contribution >= 4 is 11.6 Å². The third-order valence-electron chi connectivity index (χ3n) is 4.05. The second kappa shape index (κ2) is 11.6. The van der Waals surface area contributed by atoms with E-state index < -0.39 is 0 Å². The van der Waals surface area contributed by atoms with Crippen LogP contribution in [0.15, 0.2) is 30.3 Å². The number of carbonyl (C=O) groups excluding carboxylic acids is 1. The fourth-order valence-electron chi connectivity index (χ4n) is 2.88. The van der Waals surface area contributed by atoms with Crippen molar-refractivity contribution in [1.82, 2.24) is 0 Å². The SMILES string of the molecule is CCOc1ccc(CC(=O)Nc2cc(OCC)c(OCC)cc2C#N)cc1OCC. The van der Waals surface area contributed by atoms with Gasteiger partial charge in [-0.1, -0.05) is 6.07 Å². The summed E-state index contributed by atoms with van der Waals surface area (Å²) >= 11 is 0. The van der Waals surface area contributed by atoms with Gasteiger partial charge < -0.3 is 24.3 Å². The molecule has 0 saturated carbocycles. The number of nitrogens with one attached hydrogen (secondary N) is 1. The van der Waals surface area contributed by atoms with E-state index in [1.54, 1.807) is 24.3 Å². The van der Waals surface area contributed by atoms with Gasteiger partial charge in [0.25, 0.3) is 0 Å². The summed E-state index contributed by atoms with van der Waals surface area (Å²) < 4.78 is 22.3.